The molecule has 0 radical (unpaired) electrons. The number of para-hydroxylation sites is 2. The molecule has 2 rings (SSSR count). The lowest BCUT2D eigenvalue weighted by Crippen LogP contribution is -2.20. The van der Waals surface area contributed by atoms with E-state index in [1.165, 1.54) is 20.3 Å². The number of carbonyl (C=O) groups is 1. The minimum Gasteiger partial charge on any atom is -0.495 e. The summed E-state index contributed by atoms with van der Waals surface area (Å²) in [5, 5.41) is 20.5. The quantitative estimate of drug-likeness (QED) is 0.652. The van der Waals surface area contributed by atoms with Crippen LogP contribution in [0.15, 0.2) is 46.4 Å². The first-order valence-electron chi connectivity index (χ1n) is 7.97. The molecule has 0 aromatic heterocycles. The number of hydrogen-bond donors (Lipinski definition) is 1. The fourth-order valence-corrected chi connectivity index (χ4v) is 2.69. The van der Waals surface area contributed by atoms with Gasteiger partial charge in [0.25, 0.3) is 5.91 Å². The van der Waals surface area contributed by atoms with Crippen LogP contribution >= 0.6 is 15.9 Å². The van der Waals surface area contributed by atoms with Crippen molar-refractivity contribution in [3.63, 3.8) is 0 Å². The Morgan fingerprint density at radius 3 is 2.43 bits per heavy atom. The van der Waals surface area contributed by atoms with Crippen molar-refractivity contribution in [2.75, 3.05) is 26.1 Å². The second-order valence-electron chi connectivity index (χ2n) is 5.34. The molecule has 1 amide bonds. The van der Waals surface area contributed by atoms with E-state index in [9.17, 15) is 4.79 Å². The first kappa shape index (κ1) is 20.8. The van der Waals surface area contributed by atoms with Gasteiger partial charge in [0.15, 0.2) is 18.1 Å². The zero-order valence-corrected chi connectivity index (χ0v) is 16.7. The molecular weight excluding hydrogens is 426 g/mol. The zero-order valence-electron chi connectivity index (χ0n) is 15.2. The van der Waals surface area contributed by atoms with Crippen LogP contribution in [-0.4, -0.2) is 26.7 Å². The van der Waals surface area contributed by atoms with Crippen LogP contribution in [0.2, 0.25) is 0 Å². The Balaban J connectivity index is 2.15. The van der Waals surface area contributed by atoms with Crippen molar-refractivity contribution in [2.45, 2.75) is 0 Å². The number of allylic oxidation sites excluding steroid dienone is 1. The second kappa shape index (κ2) is 10.0. The lowest BCUT2D eigenvalue weighted by Gasteiger charge is -2.13. The third-order valence-electron chi connectivity index (χ3n) is 3.56. The molecule has 2 aromatic rings. The van der Waals surface area contributed by atoms with Crippen molar-refractivity contribution in [1.82, 2.24) is 0 Å². The van der Waals surface area contributed by atoms with Crippen molar-refractivity contribution >= 4 is 33.6 Å². The number of ether oxygens (including phenoxy) is 3. The van der Waals surface area contributed by atoms with Crippen LogP contribution in [-0.2, 0) is 4.79 Å². The van der Waals surface area contributed by atoms with Crippen LogP contribution in [0.4, 0.5) is 5.69 Å². The highest BCUT2D eigenvalue weighted by molar-refractivity contribution is 9.10. The lowest BCUT2D eigenvalue weighted by molar-refractivity contribution is -0.118. The fourth-order valence-electron chi connectivity index (χ4n) is 2.26. The smallest absolute Gasteiger partial charge is 0.262 e. The van der Waals surface area contributed by atoms with Crippen molar-refractivity contribution in [3.05, 3.63) is 52.0 Å². The zero-order chi connectivity index (χ0) is 20.5. The topological polar surface area (TPSA) is 104 Å². The molecular formula is C20H16BrN3O4. The lowest BCUT2D eigenvalue weighted by atomic mass is 10.1. The predicted molar refractivity (Wildman–Crippen MR) is 107 cm³/mol. The third kappa shape index (κ3) is 5.26. The molecule has 0 aliphatic rings. The summed E-state index contributed by atoms with van der Waals surface area (Å²) in [7, 11) is 2.97. The van der Waals surface area contributed by atoms with Crippen LogP contribution in [0, 0.1) is 22.7 Å². The van der Waals surface area contributed by atoms with Gasteiger partial charge in [-0.25, -0.2) is 0 Å². The van der Waals surface area contributed by atoms with Crippen molar-refractivity contribution in [1.29, 1.82) is 10.5 Å². The maximum Gasteiger partial charge on any atom is 0.262 e. The Labute approximate surface area is 170 Å². The van der Waals surface area contributed by atoms with E-state index < -0.39 is 0 Å². The van der Waals surface area contributed by atoms with E-state index in [2.05, 4.69) is 21.2 Å². The SMILES string of the molecule is COc1ccccc1NC(=O)COc1cc(Br)c(C=C(C#N)C#N)cc1OC. The highest BCUT2D eigenvalue weighted by Gasteiger charge is 2.13. The molecule has 2 aromatic carbocycles. The minimum atomic E-state index is -0.372. The maximum absolute atomic E-state index is 12.2. The molecule has 142 valence electrons. The molecule has 0 aliphatic carbocycles. The highest BCUT2D eigenvalue weighted by atomic mass is 79.9. The Hall–Kier alpha value is -3.49. The second-order valence-corrected chi connectivity index (χ2v) is 6.20. The van der Waals surface area contributed by atoms with E-state index in [0.717, 1.165) is 0 Å². The standard InChI is InChI=1S/C20H16BrN3O4/c1-26-17-6-4-3-5-16(17)24-20(25)12-28-19-9-15(21)14(8-18(19)27-2)7-13(10-22)11-23/h3-9H,12H2,1-2H3,(H,24,25). The third-order valence-corrected chi connectivity index (χ3v) is 4.25. The van der Waals surface area contributed by atoms with Gasteiger partial charge in [-0.05, 0) is 35.9 Å². The molecule has 1 N–H and O–H groups in total. The van der Waals surface area contributed by atoms with E-state index in [1.54, 1.807) is 48.5 Å². The number of rotatable bonds is 7. The molecule has 0 fully saturated rings. The molecule has 8 heteroatoms. The Kier molecular flexibility index (Phi) is 7.44. The highest BCUT2D eigenvalue weighted by Crippen LogP contribution is 2.34. The summed E-state index contributed by atoms with van der Waals surface area (Å²) in [5.74, 6) is 0.855. The van der Waals surface area contributed by atoms with Gasteiger partial charge in [-0.3, -0.25) is 4.79 Å². The molecule has 7 nitrogen and oxygen atoms in total. The van der Waals surface area contributed by atoms with Crippen LogP contribution in [0.25, 0.3) is 6.08 Å². The number of methoxy groups -OCH3 is 2. The number of nitrogens with one attached hydrogen (secondary N) is 1. The van der Waals surface area contributed by atoms with Gasteiger partial charge in [0.1, 0.15) is 23.5 Å². The van der Waals surface area contributed by atoms with E-state index in [1.807, 2.05) is 0 Å². The number of nitrogens with zero attached hydrogens (tertiary/aromatic N) is 2. The van der Waals surface area contributed by atoms with Crippen molar-refractivity contribution in [2.24, 2.45) is 0 Å². The summed E-state index contributed by atoms with van der Waals surface area (Å²) in [6.07, 6.45) is 1.42. The van der Waals surface area contributed by atoms with Gasteiger partial charge in [-0.2, -0.15) is 10.5 Å². The summed E-state index contributed by atoms with van der Waals surface area (Å²) in [6, 6.07) is 13.8. The molecule has 0 bridgehead atoms. The average Bonchev–Trinajstić information content (AvgIpc) is 2.71. The van der Waals surface area contributed by atoms with Gasteiger partial charge in [-0.1, -0.05) is 28.1 Å². The molecule has 0 spiro atoms. The van der Waals surface area contributed by atoms with Gasteiger partial charge in [0.2, 0.25) is 0 Å². The average molecular weight is 442 g/mol. The molecule has 0 aliphatic heterocycles. The summed E-state index contributed by atoms with van der Waals surface area (Å²) in [4.78, 5) is 12.2. The molecule has 28 heavy (non-hydrogen) atoms. The van der Waals surface area contributed by atoms with E-state index in [-0.39, 0.29) is 18.1 Å². The number of amides is 1. The number of hydrogen-bond acceptors (Lipinski definition) is 6. The van der Waals surface area contributed by atoms with Crippen LogP contribution in [0.5, 0.6) is 17.2 Å². The first-order valence-corrected chi connectivity index (χ1v) is 8.76. The Morgan fingerprint density at radius 2 is 1.79 bits per heavy atom. The molecule has 0 unspecified atom stereocenters. The van der Waals surface area contributed by atoms with E-state index >= 15 is 0 Å². The predicted octanol–water partition coefficient (Wildman–Crippen LogP) is 3.91. The van der Waals surface area contributed by atoms with Gasteiger partial charge >= 0.3 is 0 Å². The first-order chi connectivity index (χ1) is 13.5. The number of carbonyl (C=O) groups excluding carboxylic acids is 1. The Morgan fingerprint density at radius 1 is 1.11 bits per heavy atom. The van der Waals surface area contributed by atoms with Gasteiger partial charge < -0.3 is 19.5 Å². The van der Waals surface area contributed by atoms with Gasteiger partial charge in [0.05, 0.1) is 19.9 Å². The molecule has 0 saturated heterocycles. The number of benzene rings is 2. The summed E-state index contributed by atoms with van der Waals surface area (Å²) < 4.78 is 16.6. The number of halogens is 1. The number of anilines is 1. The minimum absolute atomic E-state index is 0.0485. The normalized spacial score (nSPS) is 9.46. The monoisotopic (exact) mass is 441 g/mol. The summed E-state index contributed by atoms with van der Waals surface area (Å²) in [5.41, 5.74) is 1.06. The van der Waals surface area contributed by atoms with Gasteiger partial charge in [0, 0.05) is 4.47 Å². The summed E-state index contributed by atoms with van der Waals surface area (Å²) in [6.45, 7) is -0.252. The van der Waals surface area contributed by atoms with Crippen molar-refractivity contribution < 1.29 is 19.0 Å². The number of nitriles is 2. The van der Waals surface area contributed by atoms with E-state index in [4.69, 9.17) is 24.7 Å². The van der Waals surface area contributed by atoms with Crippen LogP contribution in [0.3, 0.4) is 0 Å². The fraction of sp³-hybridized carbons (Fsp3) is 0.150. The Bertz CT molecular complexity index is 974. The molecule has 0 atom stereocenters. The van der Waals surface area contributed by atoms with E-state index in [0.29, 0.717) is 33.0 Å². The molecule has 0 saturated carbocycles. The van der Waals surface area contributed by atoms with Crippen LogP contribution in [0.1, 0.15) is 5.56 Å². The van der Waals surface area contributed by atoms with Crippen molar-refractivity contribution in [3.8, 4) is 29.4 Å². The molecule has 0 heterocycles. The summed E-state index contributed by atoms with van der Waals surface area (Å²) >= 11 is 3.36. The largest absolute Gasteiger partial charge is 0.495 e. The van der Waals surface area contributed by atoms with Gasteiger partial charge in [-0.15, -0.1) is 0 Å². The van der Waals surface area contributed by atoms with Crippen LogP contribution < -0.4 is 19.5 Å². The maximum atomic E-state index is 12.2.